The lowest BCUT2D eigenvalue weighted by Crippen LogP contribution is -2.15. The van der Waals surface area contributed by atoms with Crippen LogP contribution in [-0.4, -0.2) is 171 Å². The molecule has 1 rings (SSSR count). The normalized spacial score (nSPS) is 11.5. The highest BCUT2D eigenvalue weighted by molar-refractivity contribution is 6.17. The molecule has 0 saturated heterocycles. The van der Waals surface area contributed by atoms with Crippen LogP contribution in [0.15, 0.2) is 24.3 Å². The van der Waals surface area contributed by atoms with Crippen molar-refractivity contribution in [3.05, 3.63) is 24.3 Å². The maximum Gasteiger partial charge on any atom is 0.142 e. The van der Waals surface area contributed by atoms with Gasteiger partial charge in [-0.15, -0.1) is 11.6 Å². The van der Waals surface area contributed by atoms with E-state index >= 15 is 0 Å². The van der Waals surface area contributed by atoms with Gasteiger partial charge in [0.2, 0.25) is 0 Å². The molecule has 0 unspecified atom stereocenters. The second-order valence-corrected chi connectivity index (χ2v) is 11.2. The van der Waals surface area contributed by atoms with Crippen LogP contribution in [-0.2, 0) is 56.8 Å². The number of benzene rings is 1. The van der Waals surface area contributed by atoms with E-state index in [0.717, 1.165) is 25.3 Å². The molecule has 0 atom stereocenters. The lowest BCUT2D eigenvalue weighted by atomic mass is 10.2. The molecule has 0 spiro atoms. The molecule has 0 fully saturated rings. The fourth-order valence-electron chi connectivity index (χ4n) is 4.00. The minimum atomic E-state index is 0.437. The predicted molar refractivity (Wildman–Crippen MR) is 195 cm³/mol. The summed E-state index contributed by atoms with van der Waals surface area (Å²) in [4.78, 5) is 0. The molecular formula is C36H66ClNO13. The molecule has 0 radical (unpaired) electrons. The Hall–Kier alpha value is -1.37. The van der Waals surface area contributed by atoms with Crippen LogP contribution in [0, 0.1) is 0 Å². The van der Waals surface area contributed by atoms with E-state index < -0.39 is 0 Å². The summed E-state index contributed by atoms with van der Waals surface area (Å²) in [7, 11) is 0. The van der Waals surface area contributed by atoms with Gasteiger partial charge in [0.25, 0.3) is 0 Å². The zero-order valence-corrected chi connectivity index (χ0v) is 31.5. The van der Waals surface area contributed by atoms with Gasteiger partial charge in [-0.25, -0.2) is 0 Å². The molecule has 14 nitrogen and oxygen atoms in total. The van der Waals surface area contributed by atoms with E-state index in [-0.39, 0.29) is 0 Å². The van der Waals surface area contributed by atoms with Crippen molar-refractivity contribution in [1.82, 2.24) is 0 Å². The van der Waals surface area contributed by atoms with Crippen molar-refractivity contribution in [3.8, 4) is 5.75 Å². The molecule has 1 aromatic carbocycles. The van der Waals surface area contributed by atoms with Crippen molar-refractivity contribution in [3.63, 3.8) is 0 Å². The van der Waals surface area contributed by atoms with Gasteiger partial charge in [0, 0.05) is 12.5 Å². The Bertz CT molecular complexity index is 818. The summed E-state index contributed by atoms with van der Waals surface area (Å²) in [6, 6.07) is 7.38. The van der Waals surface area contributed by atoms with Crippen LogP contribution in [0.25, 0.3) is 0 Å². The van der Waals surface area contributed by atoms with Gasteiger partial charge in [-0.1, -0.05) is 25.0 Å². The van der Waals surface area contributed by atoms with E-state index in [4.69, 9.17) is 78.9 Å². The number of alkyl halides is 1. The Kier molecular flexibility index (Phi) is 38.7. The first-order valence-electron chi connectivity index (χ1n) is 18.3. The van der Waals surface area contributed by atoms with Gasteiger partial charge in [-0.05, 0) is 25.0 Å². The van der Waals surface area contributed by atoms with Crippen LogP contribution in [0.2, 0.25) is 0 Å². The molecule has 15 heteroatoms. The zero-order valence-electron chi connectivity index (χ0n) is 30.8. The maximum atomic E-state index is 5.82. The predicted octanol–water partition coefficient (Wildman–Crippen LogP) is 3.65. The molecular weight excluding hydrogens is 690 g/mol. The van der Waals surface area contributed by atoms with Crippen LogP contribution in [0.3, 0.4) is 0 Å². The third kappa shape index (κ3) is 36.8. The third-order valence-electron chi connectivity index (χ3n) is 6.67. The van der Waals surface area contributed by atoms with Crippen LogP contribution in [0.4, 0.5) is 5.69 Å². The Morgan fingerprint density at radius 3 is 0.922 bits per heavy atom. The number of halogens is 1. The molecule has 300 valence electrons. The Morgan fingerprint density at radius 1 is 0.333 bits per heavy atom. The highest BCUT2D eigenvalue weighted by Crippen LogP contribution is 2.19. The minimum absolute atomic E-state index is 0.437. The van der Waals surface area contributed by atoms with Crippen LogP contribution >= 0.6 is 11.6 Å². The topological polar surface area (TPSA) is 146 Å². The van der Waals surface area contributed by atoms with E-state index in [9.17, 15) is 0 Å². The fourth-order valence-corrected chi connectivity index (χ4v) is 4.18. The summed E-state index contributed by atoms with van der Waals surface area (Å²) < 4.78 is 71.5. The van der Waals surface area contributed by atoms with E-state index in [2.05, 4.69) is 0 Å². The SMILES string of the molecule is Nc1ccccc1OCCOCCOCCOCCOCCOCCOCCOCCOCCOCCOCCOCCOCCCCCCCl. The van der Waals surface area contributed by atoms with Crippen LogP contribution in [0.1, 0.15) is 25.7 Å². The second kappa shape index (κ2) is 41.4. The average molecular weight is 756 g/mol. The first kappa shape index (κ1) is 47.7. The van der Waals surface area contributed by atoms with E-state index in [0.29, 0.717) is 170 Å². The van der Waals surface area contributed by atoms with Gasteiger partial charge < -0.3 is 67.3 Å². The maximum absolute atomic E-state index is 5.82. The molecule has 0 saturated carbocycles. The van der Waals surface area contributed by atoms with Gasteiger partial charge in [0.1, 0.15) is 12.4 Å². The van der Waals surface area contributed by atoms with Gasteiger partial charge in [0.05, 0.1) is 158 Å². The molecule has 0 bridgehead atoms. The lowest BCUT2D eigenvalue weighted by molar-refractivity contribution is -0.0285. The van der Waals surface area contributed by atoms with Crippen molar-refractivity contribution >= 4 is 17.3 Å². The number of para-hydroxylation sites is 2. The lowest BCUT2D eigenvalue weighted by Gasteiger charge is -2.10. The molecule has 2 N–H and O–H groups in total. The summed E-state index contributed by atoms with van der Waals surface area (Å²) in [6.07, 6.45) is 4.49. The molecule has 1 aromatic rings. The molecule has 0 aliphatic heterocycles. The average Bonchev–Trinajstić information content (AvgIpc) is 3.14. The van der Waals surface area contributed by atoms with Gasteiger partial charge in [-0.2, -0.15) is 0 Å². The molecule has 0 heterocycles. The van der Waals surface area contributed by atoms with Crippen LogP contribution < -0.4 is 10.5 Å². The summed E-state index contributed by atoms with van der Waals surface area (Å²) in [5, 5.41) is 0. The Balaban J connectivity index is 1.61. The summed E-state index contributed by atoms with van der Waals surface area (Å²) in [5.74, 6) is 1.41. The van der Waals surface area contributed by atoms with Gasteiger partial charge in [-0.3, -0.25) is 0 Å². The van der Waals surface area contributed by atoms with Crippen LogP contribution in [0.5, 0.6) is 5.75 Å². The largest absolute Gasteiger partial charge is 0.489 e. The molecule has 51 heavy (non-hydrogen) atoms. The smallest absolute Gasteiger partial charge is 0.142 e. The molecule has 0 aliphatic rings. The monoisotopic (exact) mass is 755 g/mol. The summed E-state index contributed by atoms with van der Waals surface area (Å²) in [6.45, 7) is 13.1. The van der Waals surface area contributed by atoms with E-state index in [1.165, 1.54) is 12.8 Å². The van der Waals surface area contributed by atoms with Gasteiger partial charge >= 0.3 is 0 Å². The number of ether oxygens (including phenoxy) is 13. The number of hydrogen-bond donors (Lipinski definition) is 1. The fraction of sp³-hybridized carbons (Fsp3) is 0.833. The number of hydrogen-bond acceptors (Lipinski definition) is 14. The van der Waals surface area contributed by atoms with E-state index in [1.807, 2.05) is 18.2 Å². The van der Waals surface area contributed by atoms with Crippen molar-refractivity contribution in [1.29, 1.82) is 0 Å². The summed E-state index contributed by atoms with van der Waals surface area (Å²) >= 11 is 5.66. The standard InChI is InChI=1S/C36H66ClNO13/c37-9-5-1-2-6-10-39-11-12-40-13-14-41-15-16-42-17-18-43-19-20-44-21-22-45-23-24-46-25-26-47-27-28-48-29-30-49-31-32-50-33-34-51-36-8-4-3-7-35(36)38/h3-4,7-8H,1-2,5-6,9-34,38H2. The second-order valence-electron chi connectivity index (χ2n) is 10.8. The number of rotatable bonds is 43. The number of unbranched alkanes of at least 4 members (excludes halogenated alkanes) is 3. The Morgan fingerprint density at radius 2 is 0.608 bits per heavy atom. The Labute approximate surface area is 310 Å². The first-order valence-corrected chi connectivity index (χ1v) is 18.8. The highest BCUT2D eigenvalue weighted by atomic mass is 35.5. The van der Waals surface area contributed by atoms with E-state index in [1.54, 1.807) is 6.07 Å². The molecule has 0 aromatic heterocycles. The minimum Gasteiger partial charge on any atom is -0.489 e. The highest BCUT2D eigenvalue weighted by Gasteiger charge is 1.99. The quantitative estimate of drug-likeness (QED) is 0.0588. The first-order chi connectivity index (χ1) is 25.3. The number of nitrogens with two attached hydrogens (primary N) is 1. The summed E-state index contributed by atoms with van der Waals surface area (Å²) in [5.41, 5.74) is 6.44. The van der Waals surface area contributed by atoms with Gasteiger partial charge in [0.15, 0.2) is 0 Å². The number of nitrogen functional groups attached to an aromatic ring is 1. The molecule has 0 amide bonds. The third-order valence-corrected chi connectivity index (χ3v) is 6.94. The van der Waals surface area contributed by atoms with Crippen molar-refractivity contribution in [2.45, 2.75) is 25.7 Å². The zero-order chi connectivity index (χ0) is 36.4. The van der Waals surface area contributed by atoms with Crippen molar-refractivity contribution in [2.24, 2.45) is 0 Å². The molecule has 0 aliphatic carbocycles. The van der Waals surface area contributed by atoms with Crippen molar-refractivity contribution < 1.29 is 61.6 Å². The van der Waals surface area contributed by atoms with Crippen molar-refractivity contribution in [2.75, 3.05) is 177 Å². The number of anilines is 1.